The lowest BCUT2D eigenvalue weighted by Gasteiger charge is -2.16. The monoisotopic (exact) mass is 406 g/mol. The Kier molecular flexibility index (Phi) is 8.87. The highest BCUT2D eigenvalue weighted by molar-refractivity contribution is 7.11. The van der Waals surface area contributed by atoms with Crippen LogP contribution in [0.15, 0.2) is 23.3 Å². The maximum atomic E-state index is 5.53. The number of nitrogens with zero attached hydrogens (tertiary/aromatic N) is 2. The highest BCUT2D eigenvalue weighted by Crippen LogP contribution is 2.39. The molecule has 1 heterocycles. The minimum atomic E-state index is 0.611. The van der Waals surface area contributed by atoms with E-state index in [1.165, 1.54) is 4.88 Å². The normalized spacial score (nSPS) is 11.2. The summed E-state index contributed by atoms with van der Waals surface area (Å²) in [7, 11) is 6.63. The van der Waals surface area contributed by atoms with Gasteiger partial charge in [-0.05, 0) is 18.9 Å². The maximum absolute atomic E-state index is 5.53. The summed E-state index contributed by atoms with van der Waals surface area (Å²) in [4.78, 5) is 10.0. The number of thiazole rings is 1. The Morgan fingerprint density at radius 3 is 2.32 bits per heavy atom. The number of methoxy groups -OCH3 is 3. The zero-order valence-corrected chi connectivity index (χ0v) is 18.1. The third-order valence-electron chi connectivity index (χ3n) is 4.28. The first-order valence-electron chi connectivity index (χ1n) is 9.32. The van der Waals surface area contributed by atoms with Crippen molar-refractivity contribution in [2.75, 3.05) is 41.5 Å². The minimum Gasteiger partial charge on any atom is -0.493 e. The SMILES string of the molecule is CCc1cnc(CCNC(=NC)NCCc2ccc(OC)c(OC)c2OC)s1. The molecule has 2 N–H and O–H groups in total. The second-order valence-electron chi connectivity index (χ2n) is 5.99. The molecule has 28 heavy (non-hydrogen) atoms. The molecule has 0 spiro atoms. The van der Waals surface area contributed by atoms with Gasteiger partial charge in [0.2, 0.25) is 5.75 Å². The second-order valence-corrected chi connectivity index (χ2v) is 7.19. The lowest BCUT2D eigenvalue weighted by molar-refractivity contribution is 0.322. The van der Waals surface area contributed by atoms with Gasteiger partial charge in [0.1, 0.15) is 0 Å². The van der Waals surface area contributed by atoms with Crippen LogP contribution in [0.1, 0.15) is 22.4 Å². The summed E-state index contributed by atoms with van der Waals surface area (Å²) in [6.45, 7) is 3.65. The lowest BCUT2D eigenvalue weighted by atomic mass is 10.1. The number of rotatable bonds is 10. The number of hydrogen-bond acceptors (Lipinski definition) is 6. The number of nitrogens with one attached hydrogen (secondary N) is 2. The molecular formula is C20H30N4O3S. The molecule has 0 fully saturated rings. The molecule has 2 aromatic rings. The van der Waals surface area contributed by atoms with Crippen LogP contribution in [0.3, 0.4) is 0 Å². The van der Waals surface area contributed by atoms with Gasteiger partial charge in [0, 0.05) is 43.2 Å². The van der Waals surface area contributed by atoms with Crippen molar-refractivity contribution in [2.24, 2.45) is 4.99 Å². The fraction of sp³-hybridized carbons (Fsp3) is 0.500. The standard InChI is InChI=1S/C20H30N4O3S/c1-6-15-13-24-17(28-15)10-12-23-20(21-2)22-11-9-14-7-8-16(25-3)19(27-5)18(14)26-4/h7-8,13H,6,9-12H2,1-5H3,(H2,21,22,23). The summed E-state index contributed by atoms with van der Waals surface area (Å²) in [5.41, 5.74) is 1.04. The minimum absolute atomic E-state index is 0.611. The molecule has 1 aromatic carbocycles. The van der Waals surface area contributed by atoms with Crippen LogP contribution < -0.4 is 24.8 Å². The van der Waals surface area contributed by atoms with Crippen LogP contribution in [-0.2, 0) is 19.3 Å². The van der Waals surface area contributed by atoms with Crippen molar-refractivity contribution >= 4 is 17.3 Å². The highest BCUT2D eigenvalue weighted by atomic mass is 32.1. The average molecular weight is 407 g/mol. The number of aliphatic imine (C=N–C) groups is 1. The van der Waals surface area contributed by atoms with E-state index in [1.54, 1.807) is 39.7 Å². The van der Waals surface area contributed by atoms with E-state index >= 15 is 0 Å². The third kappa shape index (κ3) is 5.76. The molecule has 0 amide bonds. The number of ether oxygens (including phenoxy) is 3. The molecule has 2 rings (SSSR count). The first-order chi connectivity index (χ1) is 13.7. The first-order valence-corrected chi connectivity index (χ1v) is 10.1. The number of guanidine groups is 1. The summed E-state index contributed by atoms with van der Waals surface area (Å²) in [6, 6.07) is 3.88. The molecule has 7 nitrogen and oxygen atoms in total. The van der Waals surface area contributed by atoms with Gasteiger partial charge < -0.3 is 24.8 Å². The molecule has 0 aliphatic carbocycles. The highest BCUT2D eigenvalue weighted by Gasteiger charge is 2.15. The molecule has 0 saturated carbocycles. The largest absolute Gasteiger partial charge is 0.493 e. The zero-order valence-electron chi connectivity index (χ0n) is 17.3. The number of aryl methyl sites for hydroxylation is 1. The van der Waals surface area contributed by atoms with E-state index < -0.39 is 0 Å². The maximum Gasteiger partial charge on any atom is 0.203 e. The molecule has 0 aliphatic rings. The number of benzene rings is 1. The van der Waals surface area contributed by atoms with Gasteiger partial charge in [-0.3, -0.25) is 4.99 Å². The van der Waals surface area contributed by atoms with E-state index in [4.69, 9.17) is 14.2 Å². The molecule has 0 saturated heterocycles. The predicted octanol–water partition coefficient (Wildman–Crippen LogP) is 2.68. The van der Waals surface area contributed by atoms with E-state index in [1.807, 2.05) is 18.3 Å². The van der Waals surface area contributed by atoms with Crippen molar-refractivity contribution in [3.8, 4) is 17.2 Å². The fourth-order valence-electron chi connectivity index (χ4n) is 2.81. The van der Waals surface area contributed by atoms with Crippen molar-refractivity contribution in [1.82, 2.24) is 15.6 Å². The number of aromatic nitrogens is 1. The van der Waals surface area contributed by atoms with Crippen molar-refractivity contribution in [2.45, 2.75) is 26.2 Å². The van der Waals surface area contributed by atoms with Crippen LogP contribution in [0, 0.1) is 0 Å². The summed E-state index contributed by atoms with van der Waals surface area (Å²) < 4.78 is 16.3. The molecule has 0 atom stereocenters. The summed E-state index contributed by atoms with van der Waals surface area (Å²) in [5.74, 6) is 2.73. The molecule has 8 heteroatoms. The summed E-state index contributed by atoms with van der Waals surface area (Å²) >= 11 is 1.77. The molecule has 1 aromatic heterocycles. The van der Waals surface area contributed by atoms with E-state index in [9.17, 15) is 0 Å². The van der Waals surface area contributed by atoms with Gasteiger partial charge in [-0.25, -0.2) is 4.98 Å². The van der Waals surface area contributed by atoms with E-state index in [0.717, 1.165) is 42.3 Å². The Balaban J connectivity index is 1.85. The molecular weight excluding hydrogens is 376 g/mol. The van der Waals surface area contributed by atoms with Gasteiger partial charge >= 0.3 is 0 Å². The lowest BCUT2D eigenvalue weighted by Crippen LogP contribution is -2.39. The topological polar surface area (TPSA) is 77.0 Å². The van der Waals surface area contributed by atoms with Gasteiger partial charge in [-0.1, -0.05) is 13.0 Å². The van der Waals surface area contributed by atoms with Crippen LogP contribution in [0.2, 0.25) is 0 Å². The first kappa shape index (κ1) is 21.8. The van der Waals surface area contributed by atoms with E-state index in [-0.39, 0.29) is 0 Å². The van der Waals surface area contributed by atoms with E-state index in [2.05, 4.69) is 27.5 Å². The predicted molar refractivity (Wildman–Crippen MR) is 114 cm³/mol. The van der Waals surface area contributed by atoms with Crippen molar-refractivity contribution in [1.29, 1.82) is 0 Å². The molecule has 0 unspecified atom stereocenters. The molecule has 0 aliphatic heterocycles. The molecule has 0 bridgehead atoms. The Labute approximate surface area is 171 Å². The Morgan fingerprint density at radius 2 is 1.75 bits per heavy atom. The Morgan fingerprint density at radius 1 is 1.04 bits per heavy atom. The van der Waals surface area contributed by atoms with Crippen molar-refractivity contribution < 1.29 is 14.2 Å². The quantitative estimate of drug-likeness (QED) is 0.467. The van der Waals surface area contributed by atoms with Crippen LogP contribution in [0.5, 0.6) is 17.2 Å². The number of hydrogen-bond donors (Lipinski definition) is 2. The third-order valence-corrected chi connectivity index (χ3v) is 5.48. The van der Waals surface area contributed by atoms with Gasteiger partial charge in [-0.2, -0.15) is 0 Å². The van der Waals surface area contributed by atoms with Crippen LogP contribution >= 0.6 is 11.3 Å². The van der Waals surface area contributed by atoms with Gasteiger partial charge in [0.15, 0.2) is 17.5 Å². The average Bonchev–Trinajstić information content (AvgIpc) is 3.19. The Hall–Kier alpha value is -2.48. The molecule has 0 radical (unpaired) electrons. The van der Waals surface area contributed by atoms with Crippen molar-refractivity contribution in [3.63, 3.8) is 0 Å². The Bertz CT molecular complexity index is 777. The fourth-order valence-corrected chi connectivity index (χ4v) is 3.67. The molecule has 154 valence electrons. The van der Waals surface area contributed by atoms with Crippen LogP contribution in [-0.4, -0.2) is 52.4 Å². The van der Waals surface area contributed by atoms with Crippen LogP contribution in [0.25, 0.3) is 0 Å². The summed E-state index contributed by atoms with van der Waals surface area (Å²) in [5, 5.41) is 7.81. The second kappa shape index (κ2) is 11.4. The zero-order chi connectivity index (χ0) is 20.4. The van der Waals surface area contributed by atoms with Gasteiger partial charge in [0.25, 0.3) is 0 Å². The van der Waals surface area contributed by atoms with Gasteiger partial charge in [-0.15, -0.1) is 11.3 Å². The summed E-state index contributed by atoms with van der Waals surface area (Å²) in [6.07, 6.45) is 4.64. The van der Waals surface area contributed by atoms with Crippen LogP contribution in [0.4, 0.5) is 0 Å². The van der Waals surface area contributed by atoms with E-state index in [0.29, 0.717) is 23.8 Å². The van der Waals surface area contributed by atoms with Crippen molar-refractivity contribution in [3.05, 3.63) is 33.8 Å². The van der Waals surface area contributed by atoms with Gasteiger partial charge in [0.05, 0.1) is 26.3 Å². The smallest absolute Gasteiger partial charge is 0.203 e.